The Labute approximate surface area is 119 Å². The Morgan fingerprint density at radius 3 is 2.58 bits per heavy atom. The summed E-state index contributed by atoms with van der Waals surface area (Å²) in [5.74, 6) is 1.24. The summed E-state index contributed by atoms with van der Waals surface area (Å²) in [6.45, 7) is 0.783. The lowest BCUT2D eigenvalue weighted by Crippen LogP contribution is -2.10. The lowest BCUT2D eigenvalue weighted by molar-refractivity contribution is 0.204. The van der Waals surface area contributed by atoms with E-state index < -0.39 is 0 Å². The van der Waals surface area contributed by atoms with E-state index in [2.05, 4.69) is 25.9 Å². The van der Waals surface area contributed by atoms with Crippen LogP contribution >= 0.6 is 15.9 Å². The number of hydrogen-bond donors (Lipinski definition) is 0. The van der Waals surface area contributed by atoms with Crippen molar-refractivity contribution in [3.05, 3.63) is 41.0 Å². The van der Waals surface area contributed by atoms with E-state index in [-0.39, 0.29) is 6.01 Å². The summed E-state index contributed by atoms with van der Waals surface area (Å²) in [7, 11) is 1.54. The fourth-order valence-corrected chi connectivity index (χ4v) is 1.71. The summed E-state index contributed by atoms with van der Waals surface area (Å²) in [4.78, 5) is 8.09. The maximum atomic E-state index is 5.49. The Balaban J connectivity index is 1.80. The van der Waals surface area contributed by atoms with Gasteiger partial charge in [0.2, 0.25) is 5.88 Å². The van der Waals surface area contributed by atoms with Crippen molar-refractivity contribution in [3.8, 4) is 17.6 Å². The van der Waals surface area contributed by atoms with Gasteiger partial charge in [-0.3, -0.25) is 0 Å². The van der Waals surface area contributed by atoms with Crippen LogP contribution in [0.2, 0.25) is 0 Å². The number of rotatable bonds is 6. The van der Waals surface area contributed by atoms with Crippen LogP contribution in [0.3, 0.4) is 0 Å². The van der Waals surface area contributed by atoms with Gasteiger partial charge < -0.3 is 14.2 Å². The first kappa shape index (κ1) is 13.6. The summed E-state index contributed by atoms with van der Waals surface area (Å²) in [6.07, 6.45) is 1.58. The Kier molecular flexibility index (Phi) is 4.97. The predicted molar refractivity (Wildman–Crippen MR) is 73.7 cm³/mol. The van der Waals surface area contributed by atoms with Gasteiger partial charge in [-0.1, -0.05) is 18.2 Å². The quantitative estimate of drug-likeness (QED) is 0.765. The van der Waals surface area contributed by atoms with Gasteiger partial charge in [0.1, 0.15) is 19.0 Å². The highest BCUT2D eigenvalue weighted by molar-refractivity contribution is 9.10. The zero-order valence-electron chi connectivity index (χ0n) is 10.4. The number of nitrogens with zero attached hydrogens (tertiary/aromatic N) is 2. The minimum absolute atomic E-state index is 0.261. The van der Waals surface area contributed by atoms with Gasteiger partial charge in [-0.15, -0.1) is 0 Å². The van der Waals surface area contributed by atoms with Crippen molar-refractivity contribution in [1.82, 2.24) is 9.97 Å². The topological polar surface area (TPSA) is 53.5 Å². The SMILES string of the molecule is COc1nc(OCCOc2ccccc2)ncc1Br. The third kappa shape index (κ3) is 4.10. The van der Waals surface area contributed by atoms with E-state index in [1.807, 2.05) is 30.3 Å². The normalized spacial score (nSPS) is 10.0. The number of ether oxygens (including phenoxy) is 3. The number of halogens is 1. The second-order valence-electron chi connectivity index (χ2n) is 3.52. The van der Waals surface area contributed by atoms with Crippen LogP contribution in [0.1, 0.15) is 0 Å². The van der Waals surface area contributed by atoms with E-state index in [4.69, 9.17) is 14.2 Å². The zero-order chi connectivity index (χ0) is 13.5. The summed E-state index contributed by atoms with van der Waals surface area (Å²) >= 11 is 3.27. The molecule has 0 fully saturated rings. The monoisotopic (exact) mass is 324 g/mol. The van der Waals surface area contributed by atoms with Crippen LogP contribution in [-0.4, -0.2) is 30.3 Å². The highest BCUT2D eigenvalue weighted by Crippen LogP contribution is 2.22. The Hall–Kier alpha value is -1.82. The highest BCUT2D eigenvalue weighted by Gasteiger charge is 2.05. The molecule has 5 nitrogen and oxygen atoms in total. The third-order valence-corrected chi connectivity index (χ3v) is 2.75. The van der Waals surface area contributed by atoms with E-state index in [0.717, 1.165) is 5.75 Å². The Bertz CT molecular complexity index is 523. The molecule has 1 aromatic carbocycles. The van der Waals surface area contributed by atoms with E-state index in [0.29, 0.717) is 23.6 Å². The number of methoxy groups -OCH3 is 1. The number of hydrogen-bond acceptors (Lipinski definition) is 5. The van der Waals surface area contributed by atoms with Crippen molar-refractivity contribution in [2.24, 2.45) is 0 Å². The fraction of sp³-hybridized carbons (Fsp3) is 0.231. The van der Waals surface area contributed by atoms with Crippen molar-refractivity contribution in [3.63, 3.8) is 0 Å². The second-order valence-corrected chi connectivity index (χ2v) is 4.37. The molecule has 2 rings (SSSR count). The first-order valence-corrected chi connectivity index (χ1v) is 6.46. The molecule has 0 atom stereocenters. The minimum Gasteiger partial charge on any atom is -0.490 e. The lowest BCUT2D eigenvalue weighted by Gasteiger charge is -2.08. The largest absolute Gasteiger partial charge is 0.490 e. The minimum atomic E-state index is 0.261. The summed E-state index contributed by atoms with van der Waals surface area (Å²) in [5, 5.41) is 0. The first-order chi connectivity index (χ1) is 9.29. The van der Waals surface area contributed by atoms with Gasteiger partial charge in [0.15, 0.2) is 0 Å². The van der Waals surface area contributed by atoms with E-state index in [1.165, 1.54) is 7.11 Å². The molecule has 2 aromatic rings. The molecule has 100 valence electrons. The van der Waals surface area contributed by atoms with Crippen molar-refractivity contribution < 1.29 is 14.2 Å². The predicted octanol–water partition coefficient (Wildman–Crippen LogP) is 2.71. The van der Waals surface area contributed by atoms with Crippen molar-refractivity contribution in [2.45, 2.75) is 0 Å². The maximum Gasteiger partial charge on any atom is 0.319 e. The molecular weight excluding hydrogens is 312 g/mol. The smallest absolute Gasteiger partial charge is 0.319 e. The Morgan fingerprint density at radius 2 is 1.84 bits per heavy atom. The van der Waals surface area contributed by atoms with Crippen LogP contribution in [0.5, 0.6) is 17.6 Å². The van der Waals surface area contributed by atoms with Gasteiger partial charge >= 0.3 is 6.01 Å². The summed E-state index contributed by atoms with van der Waals surface area (Å²) < 4.78 is 16.6. The van der Waals surface area contributed by atoms with Gasteiger partial charge in [-0.05, 0) is 28.1 Å². The molecule has 0 aliphatic rings. The first-order valence-electron chi connectivity index (χ1n) is 5.67. The molecule has 0 spiro atoms. The number of para-hydroxylation sites is 1. The van der Waals surface area contributed by atoms with Gasteiger partial charge in [0, 0.05) is 0 Å². The van der Waals surface area contributed by atoms with Crippen LogP contribution in [0, 0.1) is 0 Å². The molecule has 0 radical (unpaired) electrons. The molecule has 0 unspecified atom stereocenters. The van der Waals surface area contributed by atoms with E-state index in [1.54, 1.807) is 6.20 Å². The van der Waals surface area contributed by atoms with Gasteiger partial charge in [-0.2, -0.15) is 4.98 Å². The second kappa shape index (κ2) is 6.94. The van der Waals surface area contributed by atoms with Crippen LogP contribution in [0.15, 0.2) is 41.0 Å². The lowest BCUT2D eigenvalue weighted by atomic mass is 10.3. The molecule has 1 aromatic heterocycles. The van der Waals surface area contributed by atoms with Gasteiger partial charge in [0.05, 0.1) is 17.8 Å². The van der Waals surface area contributed by atoms with Crippen molar-refractivity contribution >= 4 is 15.9 Å². The van der Waals surface area contributed by atoms with E-state index in [9.17, 15) is 0 Å². The van der Waals surface area contributed by atoms with Gasteiger partial charge in [0.25, 0.3) is 0 Å². The molecule has 6 heteroatoms. The third-order valence-electron chi connectivity index (χ3n) is 2.21. The summed E-state index contributed by atoms with van der Waals surface area (Å²) in [6, 6.07) is 9.80. The molecule has 0 amide bonds. The molecule has 0 aliphatic heterocycles. The molecule has 0 bridgehead atoms. The zero-order valence-corrected chi connectivity index (χ0v) is 12.0. The fourth-order valence-electron chi connectivity index (χ4n) is 1.36. The molecule has 19 heavy (non-hydrogen) atoms. The van der Waals surface area contributed by atoms with Crippen LogP contribution in [0.25, 0.3) is 0 Å². The molecule has 0 aliphatic carbocycles. The standard InChI is InChI=1S/C13H13BrN2O3/c1-17-12-11(14)9-15-13(16-12)19-8-7-18-10-5-3-2-4-6-10/h2-6,9H,7-8H2,1H3. The number of aromatic nitrogens is 2. The molecule has 1 heterocycles. The molecular formula is C13H13BrN2O3. The van der Waals surface area contributed by atoms with Gasteiger partial charge in [-0.25, -0.2) is 4.98 Å². The highest BCUT2D eigenvalue weighted by atomic mass is 79.9. The number of benzene rings is 1. The maximum absolute atomic E-state index is 5.49. The average molecular weight is 325 g/mol. The molecule has 0 saturated carbocycles. The molecule has 0 saturated heterocycles. The van der Waals surface area contributed by atoms with Crippen molar-refractivity contribution in [1.29, 1.82) is 0 Å². The van der Waals surface area contributed by atoms with E-state index >= 15 is 0 Å². The van der Waals surface area contributed by atoms with Crippen molar-refractivity contribution in [2.75, 3.05) is 20.3 Å². The Morgan fingerprint density at radius 1 is 1.11 bits per heavy atom. The average Bonchev–Trinajstić information content (AvgIpc) is 2.46. The summed E-state index contributed by atoms with van der Waals surface area (Å²) in [5.41, 5.74) is 0. The van der Waals surface area contributed by atoms with Crippen LogP contribution in [0.4, 0.5) is 0 Å². The van der Waals surface area contributed by atoms with Crippen LogP contribution in [-0.2, 0) is 0 Å². The molecule has 0 N–H and O–H groups in total. The van der Waals surface area contributed by atoms with Crippen LogP contribution < -0.4 is 14.2 Å².